The minimum absolute atomic E-state index is 0.0966. The van der Waals surface area contributed by atoms with Crippen molar-refractivity contribution >= 4 is 17.2 Å². The highest BCUT2D eigenvalue weighted by atomic mass is 32.1. The van der Waals surface area contributed by atoms with Crippen molar-refractivity contribution in [3.05, 3.63) is 52.7 Å². The molecular weight excluding hydrogens is 288 g/mol. The number of thiophene rings is 1. The van der Waals surface area contributed by atoms with Crippen LogP contribution in [0.2, 0.25) is 0 Å². The summed E-state index contributed by atoms with van der Waals surface area (Å²) in [4.78, 5) is 20.1. The normalized spacial score (nSPS) is 10.5. The molecule has 3 aromatic heterocycles. The van der Waals surface area contributed by atoms with Crippen molar-refractivity contribution in [1.29, 1.82) is 0 Å². The third-order valence-corrected chi connectivity index (χ3v) is 3.45. The van der Waals surface area contributed by atoms with Crippen LogP contribution in [0, 0.1) is 0 Å². The van der Waals surface area contributed by atoms with Crippen molar-refractivity contribution in [2.24, 2.45) is 0 Å². The lowest BCUT2D eigenvalue weighted by atomic mass is 10.3. The van der Waals surface area contributed by atoms with E-state index < -0.39 is 0 Å². The number of aromatic nitrogens is 3. The molecule has 0 aromatic carbocycles. The van der Waals surface area contributed by atoms with E-state index >= 15 is 0 Å². The van der Waals surface area contributed by atoms with Crippen LogP contribution in [0.5, 0.6) is 0 Å². The highest BCUT2D eigenvalue weighted by Gasteiger charge is 2.10. The second kappa shape index (κ2) is 6.27. The van der Waals surface area contributed by atoms with Crippen LogP contribution in [0.4, 0.5) is 0 Å². The molecule has 21 heavy (non-hydrogen) atoms. The van der Waals surface area contributed by atoms with Gasteiger partial charge < -0.3 is 9.84 Å². The van der Waals surface area contributed by atoms with E-state index in [-0.39, 0.29) is 5.91 Å². The van der Waals surface area contributed by atoms with E-state index in [2.05, 4.69) is 20.4 Å². The van der Waals surface area contributed by atoms with Crippen molar-refractivity contribution in [2.75, 3.05) is 6.54 Å². The van der Waals surface area contributed by atoms with Gasteiger partial charge in [-0.2, -0.15) is 16.3 Å². The van der Waals surface area contributed by atoms with Gasteiger partial charge in [0.25, 0.3) is 5.91 Å². The van der Waals surface area contributed by atoms with E-state index in [0.717, 1.165) is 0 Å². The summed E-state index contributed by atoms with van der Waals surface area (Å²) in [5.41, 5.74) is 1.33. The van der Waals surface area contributed by atoms with Crippen LogP contribution in [0.25, 0.3) is 11.5 Å². The van der Waals surface area contributed by atoms with E-state index in [4.69, 9.17) is 4.52 Å². The Bertz CT molecular complexity index is 710. The molecule has 0 bridgehead atoms. The maximum Gasteiger partial charge on any atom is 0.252 e. The molecule has 3 heterocycles. The maximum atomic E-state index is 11.7. The molecular formula is C14H12N4O2S. The number of hydrogen-bond acceptors (Lipinski definition) is 6. The first-order chi connectivity index (χ1) is 10.3. The number of amides is 1. The average Bonchev–Trinajstić information content (AvgIpc) is 3.20. The van der Waals surface area contributed by atoms with Crippen molar-refractivity contribution in [3.8, 4) is 11.5 Å². The van der Waals surface area contributed by atoms with Gasteiger partial charge >= 0.3 is 0 Å². The minimum Gasteiger partial charge on any atom is -0.351 e. The lowest BCUT2D eigenvalue weighted by molar-refractivity contribution is 0.0954. The zero-order valence-corrected chi connectivity index (χ0v) is 11.8. The smallest absolute Gasteiger partial charge is 0.252 e. The molecule has 1 N–H and O–H groups in total. The van der Waals surface area contributed by atoms with Gasteiger partial charge in [0.1, 0.15) is 5.69 Å². The second-order valence-corrected chi connectivity index (χ2v) is 5.02. The summed E-state index contributed by atoms with van der Waals surface area (Å²) in [6.07, 6.45) is 2.15. The fourth-order valence-corrected chi connectivity index (χ4v) is 2.37. The molecule has 0 fully saturated rings. The summed E-state index contributed by atoms with van der Waals surface area (Å²) in [6.45, 7) is 0.443. The Balaban J connectivity index is 1.55. The number of carbonyl (C=O) groups excluding carboxylic acids is 1. The van der Waals surface area contributed by atoms with Gasteiger partial charge in [0, 0.05) is 30.1 Å². The molecule has 3 aromatic rings. The Morgan fingerprint density at radius 2 is 2.29 bits per heavy atom. The molecule has 3 rings (SSSR count). The first-order valence-electron chi connectivity index (χ1n) is 6.37. The summed E-state index contributed by atoms with van der Waals surface area (Å²) in [7, 11) is 0. The van der Waals surface area contributed by atoms with Crippen LogP contribution < -0.4 is 5.32 Å². The SMILES string of the molecule is O=C(NCCc1nc(-c2ccccn2)no1)c1ccsc1. The van der Waals surface area contributed by atoms with Crippen LogP contribution in [-0.2, 0) is 6.42 Å². The van der Waals surface area contributed by atoms with Gasteiger partial charge in [-0.25, -0.2) is 0 Å². The maximum absolute atomic E-state index is 11.7. The summed E-state index contributed by atoms with van der Waals surface area (Å²) >= 11 is 1.49. The van der Waals surface area contributed by atoms with E-state index in [1.54, 1.807) is 17.6 Å². The number of pyridine rings is 1. The van der Waals surface area contributed by atoms with Gasteiger partial charge in [-0.3, -0.25) is 9.78 Å². The summed E-state index contributed by atoms with van der Waals surface area (Å²) in [6, 6.07) is 7.28. The van der Waals surface area contributed by atoms with Gasteiger partial charge in [-0.15, -0.1) is 0 Å². The molecule has 106 valence electrons. The topological polar surface area (TPSA) is 80.9 Å². The van der Waals surface area contributed by atoms with Crippen molar-refractivity contribution in [1.82, 2.24) is 20.4 Å². The van der Waals surface area contributed by atoms with Gasteiger partial charge in [-0.05, 0) is 23.6 Å². The first-order valence-corrected chi connectivity index (χ1v) is 7.31. The molecule has 0 saturated carbocycles. The number of carbonyl (C=O) groups is 1. The quantitative estimate of drug-likeness (QED) is 0.781. The molecule has 0 unspecified atom stereocenters. The lowest BCUT2D eigenvalue weighted by Gasteiger charge is -2.00. The number of nitrogens with one attached hydrogen (secondary N) is 1. The Kier molecular flexibility index (Phi) is 4.02. The Morgan fingerprint density at radius 1 is 1.33 bits per heavy atom. The Hall–Kier alpha value is -2.54. The lowest BCUT2D eigenvalue weighted by Crippen LogP contribution is -2.25. The Morgan fingerprint density at radius 3 is 3.05 bits per heavy atom. The van der Waals surface area contributed by atoms with Crippen LogP contribution >= 0.6 is 11.3 Å². The monoisotopic (exact) mass is 300 g/mol. The van der Waals surface area contributed by atoms with Crippen molar-refractivity contribution < 1.29 is 9.32 Å². The molecule has 0 aliphatic rings. The fraction of sp³-hybridized carbons (Fsp3) is 0.143. The Labute approximate surface area is 124 Å². The summed E-state index contributed by atoms with van der Waals surface area (Å²) in [5.74, 6) is 0.830. The van der Waals surface area contributed by atoms with Crippen LogP contribution in [-0.4, -0.2) is 27.6 Å². The zero-order chi connectivity index (χ0) is 14.5. The standard InChI is InChI=1S/C14H12N4O2S/c19-14(10-5-8-21-9-10)16-7-4-12-17-13(18-20-12)11-3-1-2-6-15-11/h1-3,5-6,8-9H,4,7H2,(H,16,19). The predicted molar refractivity (Wildman–Crippen MR) is 77.9 cm³/mol. The summed E-state index contributed by atoms with van der Waals surface area (Å²) < 4.78 is 5.14. The van der Waals surface area contributed by atoms with E-state index in [1.165, 1.54) is 11.3 Å². The molecule has 7 heteroatoms. The fourth-order valence-electron chi connectivity index (χ4n) is 1.73. The van der Waals surface area contributed by atoms with Gasteiger partial charge in [-0.1, -0.05) is 11.2 Å². The second-order valence-electron chi connectivity index (χ2n) is 4.24. The molecule has 0 saturated heterocycles. The third kappa shape index (κ3) is 3.32. The minimum atomic E-state index is -0.0966. The number of hydrogen-bond donors (Lipinski definition) is 1. The molecule has 6 nitrogen and oxygen atoms in total. The average molecular weight is 300 g/mol. The molecule has 1 amide bonds. The van der Waals surface area contributed by atoms with Crippen molar-refractivity contribution in [3.63, 3.8) is 0 Å². The summed E-state index contributed by atoms with van der Waals surface area (Å²) in [5, 5.41) is 10.4. The van der Waals surface area contributed by atoms with Gasteiger partial charge in [0.05, 0.1) is 0 Å². The zero-order valence-electron chi connectivity index (χ0n) is 11.0. The molecule has 0 atom stereocenters. The molecule has 0 aliphatic carbocycles. The van der Waals surface area contributed by atoms with E-state index in [9.17, 15) is 4.79 Å². The van der Waals surface area contributed by atoms with Crippen LogP contribution in [0.3, 0.4) is 0 Å². The predicted octanol–water partition coefficient (Wildman–Crippen LogP) is 2.17. The van der Waals surface area contributed by atoms with Gasteiger partial charge in [0.15, 0.2) is 0 Å². The molecule has 0 spiro atoms. The third-order valence-electron chi connectivity index (χ3n) is 2.77. The number of nitrogens with zero attached hydrogens (tertiary/aromatic N) is 3. The highest BCUT2D eigenvalue weighted by molar-refractivity contribution is 7.08. The van der Waals surface area contributed by atoms with E-state index in [1.807, 2.05) is 23.6 Å². The van der Waals surface area contributed by atoms with E-state index in [0.29, 0.717) is 35.9 Å². The number of rotatable bonds is 5. The highest BCUT2D eigenvalue weighted by Crippen LogP contribution is 2.12. The van der Waals surface area contributed by atoms with Crippen molar-refractivity contribution in [2.45, 2.75) is 6.42 Å². The molecule has 0 radical (unpaired) electrons. The van der Waals surface area contributed by atoms with Crippen LogP contribution in [0.15, 0.2) is 45.7 Å². The largest absolute Gasteiger partial charge is 0.351 e. The molecule has 0 aliphatic heterocycles. The van der Waals surface area contributed by atoms with Crippen LogP contribution in [0.1, 0.15) is 16.2 Å². The van der Waals surface area contributed by atoms with Gasteiger partial charge in [0.2, 0.25) is 11.7 Å². The first kappa shape index (κ1) is 13.4.